The van der Waals surface area contributed by atoms with Crippen molar-refractivity contribution in [1.82, 2.24) is 10.2 Å². The van der Waals surface area contributed by atoms with Gasteiger partial charge in [-0.15, -0.1) is 24.8 Å². The number of halogens is 2. The molecule has 3 N–H and O–H groups in total. The van der Waals surface area contributed by atoms with Crippen molar-refractivity contribution >= 4 is 42.1 Å². The zero-order chi connectivity index (χ0) is 18.2. The van der Waals surface area contributed by atoms with E-state index in [2.05, 4.69) is 40.9 Å². The molecule has 7 heteroatoms. The first-order valence-corrected chi connectivity index (χ1v) is 9.87. The van der Waals surface area contributed by atoms with Gasteiger partial charge in [-0.05, 0) is 41.0 Å². The highest BCUT2D eigenvalue weighted by Crippen LogP contribution is 2.23. The number of likely N-dealkylation sites (N-methyl/N-ethyl adjacent to an activating group) is 1. The zero-order valence-electron chi connectivity index (χ0n) is 16.1. The van der Waals surface area contributed by atoms with Crippen molar-refractivity contribution in [3.05, 3.63) is 58.3 Å². The maximum absolute atomic E-state index is 12.6. The Morgan fingerprint density at radius 1 is 1.11 bits per heavy atom. The van der Waals surface area contributed by atoms with Gasteiger partial charge in [0.2, 0.25) is 5.91 Å². The first-order chi connectivity index (χ1) is 12.1. The molecule has 1 aromatic heterocycles. The first-order valence-electron chi connectivity index (χ1n) is 8.92. The summed E-state index contributed by atoms with van der Waals surface area (Å²) in [6.45, 7) is 8.70. The summed E-state index contributed by atoms with van der Waals surface area (Å²) in [6.07, 6.45) is 0. The van der Waals surface area contributed by atoms with Crippen molar-refractivity contribution in [3.63, 3.8) is 0 Å². The van der Waals surface area contributed by atoms with E-state index in [1.54, 1.807) is 11.3 Å². The Morgan fingerprint density at radius 2 is 1.74 bits per heavy atom. The largest absolute Gasteiger partial charge is 0.354 e. The highest BCUT2D eigenvalue weighted by Gasteiger charge is 2.24. The molecule has 0 spiro atoms. The van der Waals surface area contributed by atoms with Crippen LogP contribution in [0.25, 0.3) is 0 Å². The summed E-state index contributed by atoms with van der Waals surface area (Å²) in [5.74, 6) is -0.272. The number of carbonyl (C=O) groups is 1. The average molecular weight is 432 g/mol. The van der Waals surface area contributed by atoms with Crippen LogP contribution in [0.5, 0.6) is 0 Å². The number of carbonyl (C=O) groups excluding carboxylic acids is 1. The van der Waals surface area contributed by atoms with E-state index in [0.29, 0.717) is 6.54 Å². The molecule has 1 heterocycles. The molecule has 0 saturated heterocycles. The molecule has 1 amide bonds. The number of amides is 1. The summed E-state index contributed by atoms with van der Waals surface area (Å²) < 4.78 is 0. The molecule has 0 aliphatic rings. The molecule has 0 radical (unpaired) electrons. The molecule has 1 aromatic carbocycles. The van der Waals surface area contributed by atoms with Gasteiger partial charge in [0.15, 0.2) is 0 Å². The summed E-state index contributed by atoms with van der Waals surface area (Å²) in [7, 11) is 0. The van der Waals surface area contributed by atoms with Gasteiger partial charge in [-0.1, -0.05) is 51.1 Å². The predicted molar refractivity (Wildman–Crippen MR) is 120 cm³/mol. The van der Waals surface area contributed by atoms with E-state index in [1.165, 1.54) is 5.56 Å². The van der Waals surface area contributed by atoms with Crippen LogP contribution in [0.1, 0.15) is 44.0 Å². The summed E-state index contributed by atoms with van der Waals surface area (Å²) in [5.41, 5.74) is 8.53. The van der Waals surface area contributed by atoms with E-state index in [-0.39, 0.29) is 48.7 Å². The van der Waals surface area contributed by atoms with Crippen molar-refractivity contribution in [2.24, 2.45) is 11.7 Å². The molecule has 3 atom stereocenters. The third-order valence-corrected chi connectivity index (χ3v) is 5.49. The Morgan fingerprint density at radius 3 is 2.26 bits per heavy atom. The van der Waals surface area contributed by atoms with Gasteiger partial charge in [0.05, 0.1) is 12.0 Å². The van der Waals surface area contributed by atoms with Crippen molar-refractivity contribution in [3.8, 4) is 0 Å². The standard InChI is InChI=1S/C20H29N3OS.2ClH/c1-4-23(5-2)18(17-11-12-25-14-17)13-22-20(24)15(3)19(21)16-9-7-6-8-10-16;;/h6-12,14-15,18-19H,4-5,13,21H2,1-3H3,(H,22,24);2*1H. The fourth-order valence-corrected chi connectivity index (χ4v) is 3.78. The summed E-state index contributed by atoms with van der Waals surface area (Å²) >= 11 is 1.69. The number of hydrogen-bond acceptors (Lipinski definition) is 4. The van der Waals surface area contributed by atoms with Gasteiger partial charge in [-0.3, -0.25) is 9.69 Å². The summed E-state index contributed by atoms with van der Waals surface area (Å²) in [6, 6.07) is 11.8. The van der Waals surface area contributed by atoms with Crippen LogP contribution in [0.4, 0.5) is 0 Å². The van der Waals surface area contributed by atoms with Gasteiger partial charge in [0.25, 0.3) is 0 Å². The quantitative estimate of drug-likeness (QED) is 0.617. The summed E-state index contributed by atoms with van der Waals surface area (Å²) in [4.78, 5) is 15.0. The number of hydrogen-bond donors (Lipinski definition) is 2. The van der Waals surface area contributed by atoms with Gasteiger partial charge in [-0.2, -0.15) is 11.3 Å². The minimum atomic E-state index is -0.297. The molecule has 2 aromatic rings. The predicted octanol–water partition coefficient (Wildman–Crippen LogP) is 4.43. The highest BCUT2D eigenvalue weighted by atomic mass is 35.5. The molecule has 0 bridgehead atoms. The van der Waals surface area contributed by atoms with Crippen molar-refractivity contribution in [2.75, 3.05) is 19.6 Å². The lowest BCUT2D eigenvalue weighted by Crippen LogP contribution is -2.41. The second kappa shape index (κ2) is 13.1. The highest BCUT2D eigenvalue weighted by molar-refractivity contribution is 7.07. The number of thiophene rings is 1. The minimum absolute atomic E-state index is 0. The molecule has 2 rings (SSSR count). The Hall–Kier alpha value is -1.11. The monoisotopic (exact) mass is 431 g/mol. The third kappa shape index (κ3) is 7.09. The van der Waals surface area contributed by atoms with Gasteiger partial charge >= 0.3 is 0 Å². The summed E-state index contributed by atoms with van der Waals surface area (Å²) in [5, 5.41) is 7.36. The molecule has 3 unspecified atom stereocenters. The van der Waals surface area contributed by atoms with Gasteiger partial charge in [-0.25, -0.2) is 0 Å². The lowest BCUT2D eigenvalue weighted by atomic mass is 9.94. The second-order valence-corrected chi connectivity index (χ2v) is 7.04. The molecular weight excluding hydrogens is 401 g/mol. The molecule has 0 saturated carbocycles. The van der Waals surface area contributed by atoms with Crippen molar-refractivity contribution in [2.45, 2.75) is 32.9 Å². The van der Waals surface area contributed by atoms with Gasteiger partial charge in [0, 0.05) is 12.6 Å². The number of rotatable bonds is 9. The van der Waals surface area contributed by atoms with Crippen LogP contribution in [0.2, 0.25) is 0 Å². The maximum Gasteiger partial charge on any atom is 0.224 e. The Bertz CT molecular complexity index is 636. The van der Waals surface area contributed by atoms with Crippen LogP contribution in [-0.2, 0) is 4.79 Å². The van der Waals surface area contributed by atoms with E-state index in [9.17, 15) is 4.79 Å². The molecule has 4 nitrogen and oxygen atoms in total. The molecule has 152 valence electrons. The molecule has 27 heavy (non-hydrogen) atoms. The number of nitrogens with two attached hydrogens (primary N) is 1. The normalized spacial score (nSPS) is 13.8. The minimum Gasteiger partial charge on any atom is -0.354 e. The number of benzene rings is 1. The number of nitrogens with one attached hydrogen (secondary N) is 1. The van der Waals surface area contributed by atoms with Crippen LogP contribution < -0.4 is 11.1 Å². The Kier molecular flexibility index (Phi) is 12.6. The molecule has 0 aliphatic carbocycles. The zero-order valence-corrected chi connectivity index (χ0v) is 18.6. The molecular formula is C20H31Cl2N3OS. The Labute approximate surface area is 179 Å². The van der Waals surface area contributed by atoms with Crippen LogP contribution in [0.15, 0.2) is 47.2 Å². The lowest BCUT2D eigenvalue weighted by Gasteiger charge is -2.30. The first kappa shape index (κ1) is 25.9. The van der Waals surface area contributed by atoms with Crippen molar-refractivity contribution in [1.29, 1.82) is 0 Å². The average Bonchev–Trinajstić information content (AvgIpc) is 3.18. The van der Waals surface area contributed by atoms with Crippen molar-refractivity contribution < 1.29 is 4.79 Å². The van der Waals surface area contributed by atoms with E-state index < -0.39 is 0 Å². The fourth-order valence-electron chi connectivity index (χ4n) is 3.07. The van der Waals surface area contributed by atoms with Crippen LogP contribution in [0.3, 0.4) is 0 Å². The second-order valence-electron chi connectivity index (χ2n) is 6.26. The van der Waals surface area contributed by atoms with Crippen LogP contribution in [-0.4, -0.2) is 30.4 Å². The fraction of sp³-hybridized carbons (Fsp3) is 0.450. The van der Waals surface area contributed by atoms with Gasteiger partial charge < -0.3 is 11.1 Å². The van der Waals surface area contributed by atoms with Crippen LogP contribution in [0, 0.1) is 5.92 Å². The Balaban J connectivity index is 0.00000338. The molecule has 0 aliphatic heterocycles. The smallest absolute Gasteiger partial charge is 0.224 e. The van der Waals surface area contributed by atoms with E-state index in [4.69, 9.17) is 5.73 Å². The SMILES string of the molecule is CCN(CC)C(CNC(=O)C(C)C(N)c1ccccc1)c1ccsc1.Cl.Cl. The number of nitrogens with zero attached hydrogens (tertiary/aromatic N) is 1. The topological polar surface area (TPSA) is 58.4 Å². The molecule has 0 fully saturated rings. The van der Waals surface area contributed by atoms with Gasteiger partial charge in [0.1, 0.15) is 0 Å². The van der Waals surface area contributed by atoms with E-state index in [0.717, 1.165) is 18.7 Å². The van der Waals surface area contributed by atoms with Crippen LogP contribution >= 0.6 is 36.2 Å². The van der Waals surface area contributed by atoms with E-state index in [1.807, 2.05) is 37.3 Å². The maximum atomic E-state index is 12.6. The van der Waals surface area contributed by atoms with E-state index >= 15 is 0 Å². The third-order valence-electron chi connectivity index (χ3n) is 4.79. The lowest BCUT2D eigenvalue weighted by molar-refractivity contribution is -0.125.